The van der Waals surface area contributed by atoms with Crippen LogP contribution in [0.3, 0.4) is 0 Å². The molecule has 1 atom stereocenters. The summed E-state index contributed by atoms with van der Waals surface area (Å²) in [6.07, 6.45) is 0. The lowest BCUT2D eigenvalue weighted by Gasteiger charge is -2.33. The second-order valence-electron chi connectivity index (χ2n) is 5.31. The Labute approximate surface area is 134 Å². The monoisotopic (exact) mass is 338 g/mol. The van der Waals surface area contributed by atoms with Gasteiger partial charge in [0.1, 0.15) is 6.04 Å². The van der Waals surface area contributed by atoms with Crippen LogP contribution in [0.2, 0.25) is 0 Å². The summed E-state index contributed by atoms with van der Waals surface area (Å²) in [5, 5.41) is 3.95. The molecule has 1 aliphatic heterocycles. The highest BCUT2D eigenvalue weighted by Gasteiger charge is 2.38. The summed E-state index contributed by atoms with van der Waals surface area (Å²) in [4.78, 5) is 4.34. The standard InChI is InChI=1S/C14H18N4O4S/c1-17(2)23(19,20)18-8-9-21-10-12(18)14-15-13(16-22-14)11-6-4-3-5-7-11/h3-7,12H,8-10H2,1-2H3/t12-/m1/s1. The largest absolute Gasteiger partial charge is 0.378 e. The van der Waals surface area contributed by atoms with Crippen molar-refractivity contribution in [1.82, 2.24) is 18.8 Å². The van der Waals surface area contributed by atoms with Gasteiger partial charge in [-0.15, -0.1) is 0 Å². The van der Waals surface area contributed by atoms with Crippen molar-refractivity contribution in [2.75, 3.05) is 33.9 Å². The molecule has 0 unspecified atom stereocenters. The predicted molar refractivity (Wildman–Crippen MR) is 82.6 cm³/mol. The van der Waals surface area contributed by atoms with Crippen molar-refractivity contribution < 1.29 is 17.7 Å². The molecule has 1 aliphatic rings. The molecule has 2 heterocycles. The molecule has 1 fully saturated rings. The Morgan fingerprint density at radius 1 is 1.26 bits per heavy atom. The third-order valence-corrected chi connectivity index (χ3v) is 5.55. The Morgan fingerprint density at radius 3 is 2.70 bits per heavy atom. The first-order valence-corrected chi connectivity index (χ1v) is 8.56. The zero-order valence-corrected chi connectivity index (χ0v) is 13.7. The molecule has 1 aromatic heterocycles. The van der Waals surface area contributed by atoms with Gasteiger partial charge in [-0.05, 0) is 0 Å². The lowest BCUT2D eigenvalue weighted by Crippen LogP contribution is -2.48. The van der Waals surface area contributed by atoms with Gasteiger partial charge in [0, 0.05) is 26.2 Å². The number of hydrogen-bond acceptors (Lipinski definition) is 6. The maximum absolute atomic E-state index is 12.5. The minimum Gasteiger partial charge on any atom is -0.378 e. The van der Waals surface area contributed by atoms with Crippen LogP contribution in [-0.4, -0.2) is 61.0 Å². The fraction of sp³-hybridized carbons (Fsp3) is 0.429. The molecule has 8 nitrogen and oxygen atoms in total. The van der Waals surface area contributed by atoms with Gasteiger partial charge in [-0.3, -0.25) is 0 Å². The summed E-state index contributed by atoms with van der Waals surface area (Å²) in [5.41, 5.74) is 0.807. The molecule has 0 radical (unpaired) electrons. The van der Waals surface area contributed by atoms with E-state index in [2.05, 4.69) is 10.1 Å². The van der Waals surface area contributed by atoms with E-state index in [1.54, 1.807) is 0 Å². The van der Waals surface area contributed by atoms with Crippen molar-refractivity contribution in [1.29, 1.82) is 0 Å². The molecular formula is C14H18N4O4S. The fourth-order valence-electron chi connectivity index (χ4n) is 2.34. The first-order chi connectivity index (χ1) is 11.0. The average molecular weight is 338 g/mol. The topological polar surface area (TPSA) is 88.8 Å². The van der Waals surface area contributed by atoms with E-state index in [4.69, 9.17) is 9.26 Å². The molecule has 0 amide bonds. The van der Waals surface area contributed by atoms with Gasteiger partial charge in [-0.1, -0.05) is 35.5 Å². The van der Waals surface area contributed by atoms with Gasteiger partial charge in [0.2, 0.25) is 11.7 Å². The maximum atomic E-state index is 12.5. The highest BCUT2D eigenvalue weighted by atomic mass is 32.2. The van der Waals surface area contributed by atoms with Crippen molar-refractivity contribution in [3.05, 3.63) is 36.2 Å². The van der Waals surface area contributed by atoms with Crippen molar-refractivity contribution in [2.45, 2.75) is 6.04 Å². The molecular weight excluding hydrogens is 320 g/mol. The van der Waals surface area contributed by atoms with Gasteiger partial charge in [0.25, 0.3) is 10.2 Å². The van der Waals surface area contributed by atoms with Crippen LogP contribution in [0, 0.1) is 0 Å². The number of ether oxygens (including phenoxy) is 1. The summed E-state index contributed by atoms with van der Waals surface area (Å²) in [7, 11) is -0.611. The van der Waals surface area contributed by atoms with E-state index < -0.39 is 16.3 Å². The van der Waals surface area contributed by atoms with E-state index in [9.17, 15) is 8.42 Å². The van der Waals surface area contributed by atoms with Crippen LogP contribution in [0.1, 0.15) is 11.9 Å². The molecule has 0 aliphatic carbocycles. The Morgan fingerprint density at radius 2 is 2.00 bits per heavy atom. The van der Waals surface area contributed by atoms with Gasteiger partial charge < -0.3 is 9.26 Å². The van der Waals surface area contributed by atoms with Gasteiger partial charge >= 0.3 is 0 Å². The smallest absolute Gasteiger partial charge is 0.282 e. The van der Waals surface area contributed by atoms with Crippen LogP contribution in [0.25, 0.3) is 11.4 Å². The summed E-state index contributed by atoms with van der Waals surface area (Å²) in [6, 6.07) is 8.74. The lowest BCUT2D eigenvalue weighted by molar-refractivity contribution is 0.0182. The SMILES string of the molecule is CN(C)S(=O)(=O)N1CCOC[C@@H]1c1nc(-c2ccccc2)no1. The van der Waals surface area contributed by atoms with E-state index in [1.807, 2.05) is 30.3 Å². The van der Waals surface area contributed by atoms with Gasteiger partial charge in [0.05, 0.1) is 13.2 Å². The van der Waals surface area contributed by atoms with Crippen LogP contribution in [-0.2, 0) is 14.9 Å². The van der Waals surface area contributed by atoms with Gasteiger partial charge in [0.15, 0.2) is 0 Å². The van der Waals surface area contributed by atoms with Crippen molar-refractivity contribution in [3.8, 4) is 11.4 Å². The second-order valence-corrected chi connectivity index (χ2v) is 7.41. The van der Waals surface area contributed by atoms with Crippen LogP contribution < -0.4 is 0 Å². The third kappa shape index (κ3) is 3.13. The molecule has 3 rings (SSSR count). The molecule has 23 heavy (non-hydrogen) atoms. The van der Waals surface area contributed by atoms with E-state index in [1.165, 1.54) is 22.7 Å². The Hall–Kier alpha value is -1.81. The van der Waals surface area contributed by atoms with Gasteiger partial charge in [-0.2, -0.15) is 22.0 Å². The second kappa shape index (κ2) is 6.36. The van der Waals surface area contributed by atoms with Crippen molar-refractivity contribution >= 4 is 10.2 Å². The first kappa shape index (κ1) is 16.1. The zero-order valence-electron chi connectivity index (χ0n) is 12.9. The molecule has 2 aromatic rings. The van der Waals surface area contributed by atoms with Crippen molar-refractivity contribution in [2.24, 2.45) is 0 Å². The summed E-state index contributed by atoms with van der Waals surface area (Å²) < 4.78 is 38.1. The molecule has 1 saturated heterocycles. The third-order valence-electron chi connectivity index (χ3n) is 3.60. The summed E-state index contributed by atoms with van der Waals surface area (Å²) in [6.45, 7) is 0.765. The average Bonchev–Trinajstić information content (AvgIpc) is 3.05. The number of benzene rings is 1. The number of rotatable bonds is 4. The minimum absolute atomic E-state index is 0.184. The maximum Gasteiger partial charge on any atom is 0.282 e. The predicted octanol–water partition coefficient (Wildman–Crippen LogP) is 0.916. The van der Waals surface area contributed by atoms with Crippen LogP contribution in [0.15, 0.2) is 34.9 Å². The van der Waals surface area contributed by atoms with E-state index >= 15 is 0 Å². The van der Waals surface area contributed by atoms with Crippen molar-refractivity contribution in [3.63, 3.8) is 0 Å². The lowest BCUT2D eigenvalue weighted by atomic mass is 10.2. The van der Waals surface area contributed by atoms with E-state index in [0.29, 0.717) is 12.4 Å². The summed E-state index contributed by atoms with van der Waals surface area (Å²) >= 11 is 0. The van der Waals surface area contributed by atoms with Crippen LogP contribution >= 0.6 is 0 Å². The summed E-state index contributed by atoms with van der Waals surface area (Å²) in [5.74, 6) is 0.655. The molecule has 0 saturated carbocycles. The van der Waals surface area contributed by atoms with Gasteiger partial charge in [-0.25, -0.2) is 0 Å². The Kier molecular flexibility index (Phi) is 4.44. The molecule has 0 spiro atoms. The Bertz CT molecular complexity index is 760. The number of morpholine rings is 1. The highest BCUT2D eigenvalue weighted by molar-refractivity contribution is 7.86. The van der Waals surface area contributed by atoms with Crippen LogP contribution in [0.5, 0.6) is 0 Å². The first-order valence-electron chi connectivity index (χ1n) is 7.16. The van der Waals surface area contributed by atoms with E-state index in [0.717, 1.165) is 5.56 Å². The number of hydrogen-bond donors (Lipinski definition) is 0. The highest BCUT2D eigenvalue weighted by Crippen LogP contribution is 2.28. The molecule has 9 heteroatoms. The zero-order chi connectivity index (χ0) is 16.4. The van der Waals surface area contributed by atoms with Crippen LogP contribution in [0.4, 0.5) is 0 Å². The molecule has 124 valence electrons. The Balaban J connectivity index is 1.92. The quantitative estimate of drug-likeness (QED) is 0.823. The normalized spacial score (nSPS) is 20.0. The minimum atomic E-state index is -3.59. The molecule has 1 aromatic carbocycles. The molecule has 0 bridgehead atoms. The number of nitrogens with zero attached hydrogens (tertiary/aromatic N) is 4. The fourth-order valence-corrected chi connectivity index (χ4v) is 3.54. The number of aromatic nitrogens is 2. The van der Waals surface area contributed by atoms with E-state index in [-0.39, 0.29) is 19.0 Å². The molecule has 0 N–H and O–H groups in total.